The van der Waals surface area contributed by atoms with E-state index in [0.29, 0.717) is 32.2 Å². The van der Waals surface area contributed by atoms with Crippen molar-refractivity contribution in [3.8, 4) is 44.7 Å². The van der Waals surface area contributed by atoms with E-state index in [-0.39, 0.29) is 35.2 Å². The Bertz CT molecular complexity index is 1770. The quantitative estimate of drug-likeness (QED) is 0.257. The summed E-state index contributed by atoms with van der Waals surface area (Å²) in [7, 11) is 0. The van der Waals surface area contributed by atoms with Crippen LogP contribution in [0, 0.1) is 11.6 Å². The zero-order valence-electron chi connectivity index (χ0n) is 17.8. The minimum Gasteiger partial charge on any atom is -0.414 e. The number of halogens is 2. The van der Waals surface area contributed by atoms with Crippen LogP contribution in [0.2, 0.25) is 0 Å². The Balaban J connectivity index is 1.19. The monoisotopic (exact) mass is 516 g/mol. The highest BCUT2D eigenvalue weighted by atomic mass is 32.1. The van der Waals surface area contributed by atoms with E-state index in [4.69, 9.17) is 8.83 Å². The summed E-state index contributed by atoms with van der Waals surface area (Å²) in [4.78, 5) is 8.78. The molecule has 0 bridgehead atoms. The summed E-state index contributed by atoms with van der Waals surface area (Å²) in [6, 6.07) is 16.0. The SMILES string of the molecule is Fc1ccc2sc(-c3nnc(-c4cccc(-c5nnc(-c6nc7cc(F)ccc7s6)o5)c4)o3)nc2c1. The molecular formula is C24H10F2N6O2S2. The molecule has 12 heteroatoms. The standard InChI is InChI=1S/C24H10F2N6O2S2/c25-13-4-6-17-15(9-13)27-23(35-17)21-31-29-19(33-21)11-2-1-3-12(8-11)20-30-32-22(34-20)24-28-16-10-14(26)5-7-18(16)36-24/h1-10H. The van der Waals surface area contributed by atoms with Crippen LogP contribution in [-0.2, 0) is 0 Å². The first-order valence-electron chi connectivity index (χ1n) is 10.5. The molecule has 36 heavy (non-hydrogen) atoms. The highest BCUT2D eigenvalue weighted by Gasteiger charge is 2.18. The smallest absolute Gasteiger partial charge is 0.277 e. The normalized spacial score (nSPS) is 11.6. The Morgan fingerprint density at radius 2 is 1.03 bits per heavy atom. The molecule has 0 aliphatic carbocycles. The minimum atomic E-state index is -0.358. The maximum Gasteiger partial charge on any atom is 0.277 e. The number of hydrogen-bond acceptors (Lipinski definition) is 10. The summed E-state index contributed by atoms with van der Waals surface area (Å²) in [6.45, 7) is 0. The number of thiazole rings is 2. The van der Waals surface area contributed by atoms with Crippen LogP contribution in [0.3, 0.4) is 0 Å². The van der Waals surface area contributed by atoms with E-state index in [1.807, 2.05) is 12.1 Å². The number of nitrogens with zero attached hydrogens (tertiary/aromatic N) is 6. The maximum atomic E-state index is 13.5. The summed E-state index contributed by atoms with van der Waals surface area (Å²) in [5, 5.41) is 17.5. The lowest BCUT2D eigenvalue weighted by Gasteiger charge is -1.98. The van der Waals surface area contributed by atoms with Gasteiger partial charge in [0, 0.05) is 23.3 Å². The van der Waals surface area contributed by atoms with Gasteiger partial charge in [-0.1, -0.05) is 6.07 Å². The van der Waals surface area contributed by atoms with Gasteiger partial charge in [0.2, 0.25) is 11.8 Å². The average molecular weight is 517 g/mol. The largest absolute Gasteiger partial charge is 0.414 e. The van der Waals surface area contributed by atoms with Crippen molar-refractivity contribution < 1.29 is 17.6 Å². The van der Waals surface area contributed by atoms with Crippen molar-refractivity contribution in [1.29, 1.82) is 0 Å². The fraction of sp³-hybridized carbons (Fsp3) is 0. The molecule has 0 N–H and O–H groups in total. The lowest BCUT2D eigenvalue weighted by Crippen LogP contribution is -1.82. The van der Waals surface area contributed by atoms with Gasteiger partial charge >= 0.3 is 0 Å². The fourth-order valence-electron chi connectivity index (χ4n) is 3.62. The lowest BCUT2D eigenvalue weighted by molar-refractivity contribution is 0.582. The van der Waals surface area contributed by atoms with Crippen LogP contribution < -0.4 is 0 Å². The third-order valence-electron chi connectivity index (χ3n) is 5.27. The highest BCUT2D eigenvalue weighted by molar-refractivity contribution is 7.21. The molecule has 0 amide bonds. The second-order valence-electron chi connectivity index (χ2n) is 7.67. The molecule has 0 saturated heterocycles. The van der Waals surface area contributed by atoms with Crippen molar-refractivity contribution in [3.05, 3.63) is 72.3 Å². The number of benzene rings is 3. The van der Waals surface area contributed by atoms with E-state index in [0.717, 1.165) is 9.40 Å². The van der Waals surface area contributed by atoms with Gasteiger partial charge in [-0.15, -0.1) is 43.1 Å². The Morgan fingerprint density at radius 3 is 1.53 bits per heavy atom. The van der Waals surface area contributed by atoms with Crippen LogP contribution in [0.25, 0.3) is 65.1 Å². The van der Waals surface area contributed by atoms with Crippen molar-refractivity contribution in [2.24, 2.45) is 0 Å². The Morgan fingerprint density at radius 1 is 0.556 bits per heavy atom. The Kier molecular flexibility index (Phi) is 4.69. The van der Waals surface area contributed by atoms with E-state index in [2.05, 4.69) is 30.4 Å². The summed E-state index contributed by atoms with van der Waals surface area (Å²) >= 11 is 2.67. The molecule has 174 valence electrons. The van der Waals surface area contributed by atoms with Crippen molar-refractivity contribution in [2.75, 3.05) is 0 Å². The van der Waals surface area contributed by atoms with E-state index >= 15 is 0 Å². The summed E-state index contributed by atoms with van der Waals surface area (Å²) in [5.41, 5.74) is 2.35. The minimum absolute atomic E-state index is 0.240. The van der Waals surface area contributed by atoms with Crippen molar-refractivity contribution in [2.45, 2.75) is 0 Å². The first-order valence-corrected chi connectivity index (χ1v) is 12.1. The molecule has 0 aliphatic heterocycles. The predicted molar refractivity (Wildman–Crippen MR) is 130 cm³/mol. The molecule has 8 nitrogen and oxygen atoms in total. The molecule has 4 heterocycles. The van der Waals surface area contributed by atoms with Gasteiger partial charge in [0.15, 0.2) is 10.0 Å². The van der Waals surface area contributed by atoms with Gasteiger partial charge in [-0.3, -0.25) is 0 Å². The summed E-state index contributed by atoms with van der Waals surface area (Å²) < 4.78 is 40.3. The van der Waals surface area contributed by atoms with Crippen LogP contribution in [0.4, 0.5) is 8.78 Å². The molecule has 7 rings (SSSR count). The highest BCUT2D eigenvalue weighted by Crippen LogP contribution is 2.34. The van der Waals surface area contributed by atoms with Gasteiger partial charge in [0.05, 0.1) is 20.4 Å². The van der Waals surface area contributed by atoms with E-state index in [9.17, 15) is 8.78 Å². The zero-order chi connectivity index (χ0) is 24.2. The molecule has 0 atom stereocenters. The first-order chi connectivity index (χ1) is 17.6. The van der Waals surface area contributed by atoms with Crippen molar-refractivity contribution >= 4 is 43.1 Å². The second kappa shape index (κ2) is 8.07. The Labute approximate surface area is 207 Å². The van der Waals surface area contributed by atoms with Gasteiger partial charge in [-0.05, 0) is 42.5 Å². The predicted octanol–water partition coefficient (Wildman–Crippen LogP) is 6.62. The number of rotatable bonds is 4. The summed E-state index contributed by atoms with van der Waals surface area (Å²) in [5.74, 6) is 0.330. The second-order valence-corrected chi connectivity index (χ2v) is 9.73. The van der Waals surface area contributed by atoms with Crippen LogP contribution in [-0.4, -0.2) is 30.4 Å². The van der Waals surface area contributed by atoms with Gasteiger partial charge in [0.25, 0.3) is 11.8 Å². The molecule has 4 aromatic heterocycles. The number of aromatic nitrogens is 6. The van der Waals surface area contributed by atoms with Crippen LogP contribution in [0.15, 0.2) is 69.5 Å². The molecule has 7 aromatic rings. The van der Waals surface area contributed by atoms with Crippen LogP contribution in [0.5, 0.6) is 0 Å². The topological polar surface area (TPSA) is 104 Å². The van der Waals surface area contributed by atoms with E-state index < -0.39 is 0 Å². The van der Waals surface area contributed by atoms with Gasteiger partial charge in [-0.25, -0.2) is 18.7 Å². The zero-order valence-corrected chi connectivity index (χ0v) is 19.5. The van der Waals surface area contributed by atoms with Gasteiger partial charge in [-0.2, -0.15) is 0 Å². The molecule has 0 radical (unpaired) electrons. The number of hydrogen-bond donors (Lipinski definition) is 0. The van der Waals surface area contributed by atoms with Crippen molar-refractivity contribution in [3.63, 3.8) is 0 Å². The fourth-order valence-corrected chi connectivity index (χ4v) is 5.36. The van der Waals surface area contributed by atoms with E-state index in [1.54, 1.807) is 24.3 Å². The summed E-state index contributed by atoms with van der Waals surface area (Å²) in [6.07, 6.45) is 0. The molecule has 0 fully saturated rings. The lowest BCUT2D eigenvalue weighted by atomic mass is 10.1. The average Bonchev–Trinajstić information content (AvgIpc) is 3.68. The Hall–Kier alpha value is -4.42. The van der Waals surface area contributed by atoms with Crippen molar-refractivity contribution in [1.82, 2.24) is 30.4 Å². The molecule has 0 spiro atoms. The van der Waals surface area contributed by atoms with Gasteiger partial charge in [0.1, 0.15) is 11.6 Å². The first kappa shape index (κ1) is 20.9. The maximum absolute atomic E-state index is 13.5. The molecule has 0 saturated carbocycles. The molecule has 0 unspecified atom stereocenters. The molecular weight excluding hydrogens is 506 g/mol. The van der Waals surface area contributed by atoms with E-state index in [1.165, 1.54) is 46.9 Å². The van der Waals surface area contributed by atoms with Crippen LogP contribution in [0.1, 0.15) is 0 Å². The molecule has 0 aliphatic rings. The number of fused-ring (bicyclic) bond motifs is 2. The third-order valence-corrected chi connectivity index (χ3v) is 7.32. The third kappa shape index (κ3) is 3.63. The van der Waals surface area contributed by atoms with Crippen LogP contribution >= 0.6 is 22.7 Å². The molecule has 3 aromatic carbocycles. The van der Waals surface area contributed by atoms with Gasteiger partial charge < -0.3 is 8.83 Å².